The summed E-state index contributed by atoms with van der Waals surface area (Å²) in [5, 5.41) is 5.70. The molecule has 0 bridgehead atoms. The number of nitrogens with zero attached hydrogens (tertiary/aromatic N) is 1. The van der Waals surface area contributed by atoms with Crippen molar-refractivity contribution in [2.75, 3.05) is 19.7 Å². The molecule has 1 aliphatic heterocycles. The normalized spacial score (nSPS) is 18.4. The van der Waals surface area contributed by atoms with Crippen LogP contribution in [0.2, 0.25) is 0 Å². The van der Waals surface area contributed by atoms with Gasteiger partial charge in [0.2, 0.25) is 11.8 Å². The Morgan fingerprint density at radius 1 is 1.06 bits per heavy atom. The van der Waals surface area contributed by atoms with Crippen molar-refractivity contribution in [1.82, 2.24) is 15.5 Å². The summed E-state index contributed by atoms with van der Waals surface area (Å²) in [5.41, 5.74) is 0. The van der Waals surface area contributed by atoms with Crippen LogP contribution >= 0.6 is 12.2 Å². The molecule has 31 heavy (non-hydrogen) atoms. The summed E-state index contributed by atoms with van der Waals surface area (Å²) in [6.07, 6.45) is 13.9. The summed E-state index contributed by atoms with van der Waals surface area (Å²) in [6.45, 7) is 3.51. The average molecular weight is 454 g/mol. The lowest BCUT2D eigenvalue weighted by molar-refractivity contribution is -0.147. The molecule has 0 radical (unpaired) electrons. The van der Waals surface area contributed by atoms with Crippen molar-refractivity contribution < 1.29 is 19.1 Å². The number of piperazine rings is 1. The Morgan fingerprint density at radius 3 is 2.29 bits per heavy atom. The van der Waals surface area contributed by atoms with Crippen LogP contribution in [0.5, 0.6) is 0 Å². The first-order valence-electron chi connectivity index (χ1n) is 12.1. The van der Waals surface area contributed by atoms with Gasteiger partial charge in [0.05, 0.1) is 13.0 Å². The Morgan fingerprint density at radius 2 is 1.68 bits per heavy atom. The maximum Gasteiger partial charge on any atom is 0.308 e. The van der Waals surface area contributed by atoms with Crippen LogP contribution in [0.3, 0.4) is 0 Å². The summed E-state index contributed by atoms with van der Waals surface area (Å²) in [6, 6.07) is -0.735. The summed E-state index contributed by atoms with van der Waals surface area (Å²) in [4.78, 5) is 38.2. The van der Waals surface area contributed by atoms with E-state index in [1.807, 2.05) is 0 Å². The number of nitrogens with one attached hydrogen (secondary N) is 2. The van der Waals surface area contributed by atoms with Gasteiger partial charge >= 0.3 is 5.97 Å². The lowest BCUT2D eigenvalue weighted by atomic mass is 10.1. The Bertz CT molecular complexity index is 610. The fourth-order valence-electron chi connectivity index (χ4n) is 3.78. The van der Waals surface area contributed by atoms with Gasteiger partial charge in [-0.1, -0.05) is 64.7 Å². The highest BCUT2D eigenvalue weighted by Crippen LogP contribution is 2.28. The molecular weight excluding hydrogens is 414 g/mol. The van der Waals surface area contributed by atoms with E-state index in [1.54, 1.807) is 4.90 Å². The van der Waals surface area contributed by atoms with Crippen molar-refractivity contribution in [1.29, 1.82) is 0 Å². The average Bonchev–Trinajstić information content (AvgIpc) is 3.59. The number of amides is 2. The van der Waals surface area contributed by atoms with E-state index in [0.717, 1.165) is 25.7 Å². The third-order valence-electron chi connectivity index (χ3n) is 5.89. The van der Waals surface area contributed by atoms with Crippen LogP contribution in [0.1, 0.15) is 90.4 Å². The fourth-order valence-corrected chi connectivity index (χ4v) is 4.10. The van der Waals surface area contributed by atoms with E-state index in [-0.39, 0.29) is 29.3 Å². The number of carbonyl (C=O) groups is 3. The van der Waals surface area contributed by atoms with Crippen molar-refractivity contribution >= 4 is 35.1 Å². The zero-order valence-electron chi connectivity index (χ0n) is 19.0. The lowest BCUT2D eigenvalue weighted by Crippen LogP contribution is -2.60. The van der Waals surface area contributed by atoms with Gasteiger partial charge < -0.3 is 20.3 Å². The van der Waals surface area contributed by atoms with E-state index in [9.17, 15) is 14.4 Å². The molecule has 1 unspecified atom stereocenters. The number of hydrogen-bond acceptors (Lipinski definition) is 5. The highest BCUT2D eigenvalue weighted by Gasteiger charge is 2.36. The topological polar surface area (TPSA) is 87.7 Å². The first kappa shape index (κ1) is 25.6. The molecule has 0 spiro atoms. The van der Waals surface area contributed by atoms with Gasteiger partial charge in [-0.05, 0) is 31.5 Å². The molecule has 1 aliphatic carbocycles. The third kappa shape index (κ3) is 9.97. The molecule has 1 saturated heterocycles. The molecule has 2 aliphatic rings. The molecule has 0 aromatic carbocycles. The maximum absolute atomic E-state index is 12.3. The van der Waals surface area contributed by atoms with Crippen LogP contribution in [0.15, 0.2) is 0 Å². The number of rotatable bonds is 14. The highest BCUT2D eigenvalue weighted by atomic mass is 32.1. The molecule has 1 atom stereocenters. The standard InChI is InChI=1S/C23H39N3O4S/c1-2-3-4-5-6-7-8-9-10-11-16-30-20(27)17-19-22(29)24-14-15-26(19)23(31)25-21(28)18-12-13-18/h18-19H,2-17H2,1H3,(H,24,29)(H,25,28,31). The minimum atomic E-state index is -0.735. The van der Waals surface area contributed by atoms with Gasteiger partial charge in [-0.15, -0.1) is 0 Å². The Kier molecular flexibility index (Phi) is 11.9. The van der Waals surface area contributed by atoms with E-state index < -0.39 is 12.0 Å². The third-order valence-corrected chi connectivity index (χ3v) is 6.23. The van der Waals surface area contributed by atoms with Gasteiger partial charge in [0.15, 0.2) is 5.11 Å². The van der Waals surface area contributed by atoms with Gasteiger partial charge in [0.25, 0.3) is 0 Å². The molecule has 8 heteroatoms. The quantitative estimate of drug-likeness (QED) is 0.238. The molecule has 1 saturated carbocycles. The predicted molar refractivity (Wildman–Crippen MR) is 124 cm³/mol. The van der Waals surface area contributed by atoms with Gasteiger partial charge in [0.1, 0.15) is 6.04 Å². The fraction of sp³-hybridized carbons (Fsp3) is 0.826. The smallest absolute Gasteiger partial charge is 0.308 e. The second-order valence-electron chi connectivity index (χ2n) is 8.68. The first-order valence-corrected chi connectivity index (χ1v) is 12.5. The molecule has 7 nitrogen and oxygen atoms in total. The second kappa shape index (κ2) is 14.4. The van der Waals surface area contributed by atoms with Gasteiger partial charge in [-0.3, -0.25) is 14.4 Å². The van der Waals surface area contributed by atoms with E-state index >= 15 is 0 Å². The summed E-state index contributed by atoms with van der Waals surface area (Å²) < 4.78 is 5.35. The molecule has 0 aromatic rings. The van der Waals surface area contributed by atoms with Crippen molar-refractivity contribution in [2.45, 2.75) is 96.4 Å². The monoisotopic (exact) mass is 453 g/mol. The van der Waals surface area contributed by atoms with Crippen molar-refractivity contribution in [3.05, 3.63) is 0 Å². The number of esters is 1. The number of thiocarbonyl (C=S) groups is 1. The minimum absolute atomic E-state index is 0.0287. The van der Waals surface area contributed by atoms with Gasteiger partial charge in [0, 0.05) is 19.0 Å². The van der Waals surface area contributed by atoms with Crippen molar-refractivity contribution in [2.24, 2.45) is 5.92 Å². The molecule has 2 fully saturated rings. The van der Waals surface area contributed by atoms with Gasteiger partial charge in [-0.2, -0.15) is 0 Å². The van der Waals surface area contributed by atoms with Gasteiger partial charge in [-0.25, -0.2) is 0 Å². The molecule has 2 N–H and O–H groups in total. The Labute approximate surface area is 192 Å². The minimum Gasteiger partial charge on any atom is -0.466 e. The number of hydrogen-bond donors (Lipinski definition) is 2. The van der Waals surface area contributed by atoms with Crippen molar-refractivity contribution in [3.8, 4) is 0 Å². The highest BCUT2D eigenvalue weighted by molar-refractivity contribution is 7.80. The number of unbranched alkanes of at least 4 members (excludes halogenated alkanes) is 9. The molecule has 176 valence electrons. The maximum atomic E-state index is 12.3. The first-order chi connectivity index (χ1) is 15.0. The van der Waals surface area contributed by atoms with Crippen LogP contribution in [0.25, 0.3) is 0 Å². The zero-order chi connectivity index (χ0) is 22.5. The van der Waals surface area contributed by atoms with E-state index in [1.165, 1.54) is 51.4 Å². The Hall–Kier alpha value is -1.70. The van der Waals surface area contributed by atoms with E-state index in [4.69, 9.17) is 17.0 Å². The summed E-state index contributed by atoms with van der Waals surface area (Å²) in [7, 11) is 0. The summed E-state index contributed by atoms with van der Waals surface area (Å²) in [5.74, 6) is -0.733. The largest absolute Gasteiger partial charge is 0.466 e. The van der Waals surface area contributed by atoms with E-state index in [2.05, 4.69) is 17.6 Å². The van der Waals surface area contributed by atoms with E-state index in [0.29, 0.717) is 19.7 Å². The molecular formula is C23H39N3O4S. The number of carbonyl (C=O) groups excluding carboxylic acids is 3. The molecule has 1 heterocycles. The van der Waals surface area contributed by atoms with Crippen LogP contribution in [-0.4, -0.2) is 53.5 Å². The lowest BCUT2D eigenvalue weighted by Gasteiger charge is -2.36. The van der Waals surface area contributed by atoms with Crippen LogP contribution < -0.4 is 10.6 Å². The van der Waals surface area contributed by atoms with Crippen LogP contribution in [-0.2, 0) is 19.1 Å². The molecule has 2 amide bonds. The Balaban J connectivity index is 1.59. The second-order valence-corrected chi connectivity index (χ2v) is 9.06. The zero-order valence-corrected chi connectivity index (χ0v) is 19.8. The van der Waals surface area contributed by atoms with Crippen LogP contribution in [0, 0.1) is 5.92 Å². The van der Waals surface area contributed by atoms with Crippen molar-refractivity contribution in [3.63, 3.8) is 0 Å². The van der Waals surface area contributed by atoms with Crippen LogP contribution in [0.4, 0.5) is 0 Å². The SMILES string of the molecule is CCCCCCCCCCCCOC(=O)CC1C(=O)NCCN1C(=S)NC(=O)C1CC1. The predicted octanol–water partition coefficient (Wildman–Crippen LogP) is 3.45. The molecule has 0 aromatic heterocycles. The molecule has 2 rings (SSSR count). The summed E-state index contributed by atoms with van der Waals surface area (Å²) >= 11 is 5.33. The number of ether oxygens (including phenoxy) is 1.